The van der Waals surface area contributed by atoms with Crippen molar-refractivity contribution < 1.29 is 4.79 Å². The lowest BCUT2D eigenvalue weighted by atomic mass is 9.94. The molecule has 0 spiro atoms. The molecule has 0 radical (unpaired) electrons. The zero-order chi connectivity index (χ0) is 11.1. The normalized spacial score (nSPS) is 16.7. The van der Waals surface area contributed by atoms with Gasteiger partial charge in [-0.15, -0.1) is 0 Å². The van der Waals surface area contributed by atoms with Gasteiger partial charge >= 0.3 is 0 Å². The Kier molecular flexibility index (Phi) is 4.89. The van der Waals surface area contributed by atoms with Crippen LogP contribution in [-0.2, 0) is 4.79 Å². The van der Waals surface area contributed by atoms with Crippen LogP contribution in [0.3, 0.4) is 0 Å². The Morgan fingerprint density at radius 2 is 2.13 bits per heavy atom. The number of carbonyl (C=O) groups excluding carboxylic acids is 1. The van der Waals surface area contributed by atoms with Crippen LogP contribution in [0, 0.1) is 11.3 Å². The smallest absolute Gasteiger partial charge is 0.246 e. The quantitative estimate of drug-likeness (QED) is 0.662. The zero-order valence-electron chi connectivity index (χ0n) is 9.11. The van der Waals surface area contributed by atoms with Crippen LogP contribution in [0.4, 0.5) is 0 Å². The van der Waals surface area contributed by atoms with Gasteiger partial charge in [0.05, 0.1) is 12.5 Å². The number of hydrogen-bond acceptors (Lipinski definition) is 2. The van der Waals surface area contributed by atoms with Crippen molar-refractivity contribution in [1.29, 1.82) is 5.26 Å². The van der Waals surface area contributed by atoms with E-state index in [0.717, 1.165) is 12.8 Å². The fraction of sp³-hybridized carbons (Fsp3) is 0.667. The fourth-order valence-corrected chi connectivity index (χ4v) is 2.15. The molecular weight excluding hydrogens is 188 g/mol. The van der Waals surface area contributed by atoms with Crippen molar-refractivity contribution >= 4 is 5.91 Å². The van der Waals surface area contributed by atoms with Gasteiger partial charge in [0.15, 0.2) is 0 Å². The molecule has 0 N–H and O–H groups in total. The van der Waals surface area contributed by atoms with E-state index in [1.54, 1.807) is 0 Å². The minimum Gasteiger partial charge on any atom is -0.335 e. The molecule has 0 unspecified atom stereocenters. The van der Waals surface area contributed by atoms with Gasteiger partial charge in [-0.05, 0) is 18.9 Å². The average molecular weight is 206 g/mol. The summed E-state index contributed by atoms with van der Waals surface area (Å²) in [6, 6.07) is 2.42. The van der Waals surface area contributed by atoms with E-state index < -0.39 is 0 Å². The van der Waals surface area contributed by atoms with Gasteiger partial charge in [-0.25, -0.2) is 0 Å². The van der Waals surface area contributed by atoms with Gasteiger partial charge in [0, 0.05) is 12.6 Å². The van der Waals surface area contributed by atoms with Gasteiger partial charge in [0.2, 0.25) is 5.91 Å². The maximum absolute atomic E-state index is 11.6. The summed E-state index contributed by atoms with van der Waals surface area (Å²) in [7, 11) is 0. The predicted octanol–water partition coefficient (Wildman–Crippen LogP) is 2.25. The van der Waals surface area contributed by atoms with Gasteiger partial charge in [-0.1, -0.05) is 25.8 Å². The van der Waals surface area contributed by atoms with Crippen LogP contribution >= 0.6 is 0 Å². The van der Waals surface area contributed by atoms with Gasteiger partial charge in [0.25, 0.3) is 0 Å². The lowest BCUT2D eigenvalue weighted by Crippen LogP contribution is -2.41. The lowest BCUT2D eigenvalue weighted by Gasteiger charge is -2.33. The summed E-state index contributed by atoms with van der Waals surface area (Å²) in [5.41, 5.74) is 0. The molecule has 1 amide bonds. The molecule has 3 heteroatoms. The number of nitrogens with zero attached hydrogens (tertiary/aromatic N) is 2. The Labute approximate surface area is 91.4 Å². The molecule has 1 fully saturated rings. The Morgan fingerprint density at radius 3 is 2.67 bits per heavy atom. The minimum absolute atomic E-state index is 0.0304. The van der Waals surface area contributed by atoms with Gasteiger partial charge in [0.1, 0.15) is 0 Å². The van der Waals surface area contributed by atoms with E-state index in [-0.39, 0.29) is 5.91 Å². The second kappa shape index (κ2) is 6.23. The van der Waals surface area contributed by atoms with Crippen LogP contribution < -0.4 is 0 Å². The maximum atomic E-state index is 11.6. The van der Waals surface area contributed by atoms with E-state index in [2.05, 4.69) is 12.6 Å². The largest absolute Gasteiger partial charge is 0.335 e. The molecule has 1 aliphatic carbocycles. The molecule has 1 aliphatic rings. The summed E-state index contributed by atoms with van der Waals surface area (Å²) in [5, 5.41) is 8.55. The highest BCUT2D eigenvalue weighted by molar-refractivity contribution is 5.87. The van der Waals surface area contributed by atoms with Crippen LogP contribution in [-0.4, -0.2) is 23.4 Å². The van der Waals surface area contributed by atoms with E-state index in [0.29, 0.717) is 19.0 Å². The SMILES string of the molecule is C=CC(=O)N(CCC#N)C1CCCCC1. The molecule has 0 aromatic heterocycles. The highest BCUT2D eigenvalue weighted by Gasteiger charge is 2.23. The molecule has 0 aromatic carbocycles. The lowest BCUT2D eigenvalue weighted by molar-refractivity contribution is -0.128. The van der Waals surface area contributed by atoms with Crippen LogP contribution in [0.2, 0.25) is 0 Å². The number of carbonyl (C=O) groups is 1. The predicted molar refractivity (Wildman–Crippen MR) is 59.0 cm³/mol. The van der Waals surface area contributed by atoms with Gasteiger partial charge in [-0.3, -0.25) is 4.79 Å². The summed E-state index contributed by atoms with van der Waals surface area (Å²) in [5.74, 6) is -0.0304. The molecule has 0 aliphatic heterocycles. The van der Waals surface area contributed by atoms with Crippen molar-refractivity contribution in [2.75, 3.05) is 6.54 Å². The first-order valence-electron chi connectivity index (χ1n) is 5.59. The molecule has 0 aromatic rings. The maximum Gasteiger partial charge on any atom is 0.246 e. The molecule has 0 bridgehead atoms. The first kappa shape index (κ1) is 11.8. The molecule has 0 saturated heterocycles. The van der Waals surface area contributed by atoms with E-state index >= 15 is 0 Å². The summed E-state index contributed by atoms with van der Waals surface area (Å²) in [6.07, 6.45) is 7.57. The number of nitriles is 1. The van der Waals surface area contributed by atoms with Crippen LogP contribution in [0.5, 0.6) is 0 Å². The van der Waals surface area contributed by atoms with Gasteiger partial charge < -0.3 is 4.90 Å². The number of hydrogen-bond donors (Lipinski definition) is 0. The van der Waals surface area contributed by atoms with Crippen molar-refractivity contribution in [1.82, 2.24) is 4.90 Å². The summed E-state index contributed by atoms with van der Waals surface area (Å²) < 4.78 is 0. The monoisotopic (exact) mass is 206 g/mol. The minimum atomic E-state index is -0.0304. The van der Waals surface area contributed by atoms with Crippen LogP contribution in [0.1, 0.15) is 38.5 Å². The Balaban J connectivity index is 2.57. The molecule has 3 nitrogen and oxygen atoms in total. The molecule has 15 heavy (non-hydrogen) atoms. The first-order valence-corrected chi connectivity index (χ1v) is 5.59. The topological polar surface area (TPSA) is 44.1 Å². The third-order valence-corrected chi connectivity index (χ3v) is 2.94. The van der Waals surface area contributed by atoms with Crippen molar-refractivity contribution in [3.05, 3.63) is 12.7 Å². The molecule has 0 atom stereocenters. The summed E-state index contributed by atoms with van der Waals surface area (Å²) >= 11 is 0. The van der Waals surface area contributed by atoms with E-state index in [4.69, 9.17) is 5.26 Å². The fourth-order valence-electron chi connectivity index (χ4n) is 2.15. The van der Waals surface area contributed by atoms with E-state index in [9.17, 15) is 4.79 Å². The Morgan fingerprint density at radius 1 is 1.47 bits per heavy atom. The Bertz CT molecular complexity index is 261. The van der Waals surface area contributed by atoms with Crippen molar-refractivity contribution in [2.45, 2.75) is 44.6 Å². The summed E-state index contributed by atoms with van der Waals surface area (Å²) in [6.45, 7) is 4.06. The highest BCUT2D eigenvalue weighted by atomic mass is 16.2. The molecule has 82 valence electrons. The molecule has 0 heterocycles. The second-order valence-electron chi connectivity index (χ2n) is 3.94. The van der Waals surface area contributed by atoms with Gasteiger partial charge in [-0.2, -0.15) is 5.26 Å². The number of rotatable bonds is 4. The second-order valence-corrected chi connectivity index (χ2v) is 3.94. The molecule has 1 saturated carbocycles. The third-order valence-electron chi connectivity index (χ3n) is 2.94. The zero-order valence-corrected chi connectivity index (χ0v) is 9.11. The standard InChI is InChI=1S/C12H18N2O/c1-2-12(15)14(10-6-9-13)11-7-4-3-5-8-11/h2,11H,1,3-8,10H2. The first-order chi connectivity index (χ1) is 7.29. The highest BCUT2D eigenvalue weighted by Crippen LogP contribution is 2.22. The number of amides is 1. The molecular formula is C12H18N2O. The van der Waals surface area contributed by atoms with Crippen molar-refractivity contribution in [3.8, 4) is 6.07 Å². The molecule has 1 rings (SSSR count). The van der Waals surface area contributed by atoms with E-state index in [1.807, 2.05) is 4.90 Å². The van der Waals surface area contributed by atoms with Crippen molar-refractivity contribution in [3.63, 3.8) is 0 Å². The Hall–Kier alpha value is -1.30. The van der Waals surface area contributed by atoms with E-state index in [1.165, 1.54) is 25.3 Å². The van der Waals surface area contributed by atoms with Crippen LogP contribution in [0.25, 0.3) is 0 Å². The third kappa shape index (κ3) is 3.39. The summed E-state index contributed by atoms with van der Waals surface area (Å²) in [4.78, 5) is 13.4. The van der Waals surface area contributed by atoms with Crippen LogP contribution in [0.15, 0.2) is 12.7 Å². The average Bonchev–Trinajstić information content (AvgIpc) is 2.30. The van der Waals surface area contributed by atoms with Crippen molar-refractivity contribution in [2.24, 2.45) is 0 Å².